The molecule has 1 aliphatic heterocycles. The highest BCUT2D eigenvalue weighted by atomic mass is 16.5. The molecule has 1 N–H and O–H groups in total. The van der Waals surface area contributed by atoms with Crippen LogP contribution in [0.4, 0.5) is 5.82 Å². The van der Waals surface area contributed by atoms with Gasteiger partial charge in [0.05, 0.1) is 19.0 Å². The van der Waals surface area contributed by atoms with Crippen molar-refractivity contribution in [1.82, 2.24) is 14.9 Å². The van der Waals surface area contributed by atoms with E-state index in [1.165, 1.54) is 5.56 Å². The third-order valence-corrected chi connectivity index (χ3v) is 5.87. The molecule has 1 aliphatic carbocycles. The maximum absolute atomic E-state index is 12.8. The van der Waals surface area contributed by atoms with Gasteiger partial charge in [-0.05, 0) is 43.6 Å². The van der Waals surface area contributed by atoms with Gasteiger partial charge < -0.3 is 15.0 Å². The SMILES string of the molecule is COc1nc(C)cnc1NCC1CCN(C(=O)C2C[C@H]2c2ccccc2)CC1. The van der Waals surface area contributed by atoms with E-state index in [-0.39, 0.29) is 5.92 Å². The predicted octanol–water partition coefficient (Wildman–Crippen LogP) is 3.25. The molecule has 6 heteroatoms. The van der Waals surface area contributed by atoms with Crippen molar-refractivity contribution in [2.45, 2.75) is 32.1 Å². The van der Waals surface area contributed by atoms with Crippen LogP contribution in [0.3, 0.4) is 0 Å². The van der Waals surface area contributed by atoms with Crippen molar-refractivity contribution in [3.63, 3.8) is 0 Å². The number of aryl methyl sites for hydroxylation is 1. The summed E-state index contributed by atoms with van der Waals surface area (Å²) in [6.07, 6.45) is 4.77. The van der Waals surface area contributed by atoms with Crippen molar-refractivity contribution in [2.24, 2.45) is 11.8 Å². The van der Waals surface area contributed by atoms with E-state index in [0.717, 1.165) is 44.6 Å². The number of carbonyl (C=O) groups excluding carboxylic acids is 1. The van der Waals surface area contributed by atoms with Crippen molar-refractivity contribution < 1.29 is 9.53 Å². The summed E-state index contributed by atoms with van der Waals surface area (Å²) in [5, 5.41) is 3.37. The predicted molar refractivity (Wildman–Crippen MR) is 108 cm³/mol. The Hall–Kier alpha value is -2.63. The second-order valence-electron chi connectivity index (χ2n) is 7.88. The number of nitrogens with one attached hydrogen (secondary N) is 1. The van der Waals surface area contributed by atoms with Crippen molar-refractivity contribution in [1.29, 1.82) is 0 Å². The first kappa shape index (κ1) is 18.7. The number of anilines is 1. The second-order valence-corrected chi connectivity index (χ2v) is 7.88. The molecule has 2 aromatic rings. The number of ether oxygens (including phenoxy) is 1. The number of piperidine rings is 1. The van der Waals surface area contributed by atoms with Gasteiger partial charge in [-0.1, -0.05) is 30.3 Å². The van der Waals surface area contributed by atoms with Gasteiger partial charge in [0.2, 0.25) is 5.91 Å². The van der Waals surface area contributed by atoms with E-state index in [0.29, 0.717) is 29.4 Å². The molecule has 2 aliphatic rings. The first-order valence-corrected chi connectivity index (χ1v) is 10.1. The van der Waals surface area contributed by atoms with Gasteiger partial charge in [-0.2, -0.15) is 0 Å². The van der Waals surface area contributed by atoms with Crippen molar-refractivity contribution in [3.05, 3.63) is 47.8 Å². The van der Waals surface area contributed by atoms with Crippen molar-refractivity contribution in [2.75, 3.05) is 32.1 Å². The fraction of sp³-hybridized carbons (Fsp3) is 0.500. The molecule has 2 atom stereocenters. The lowest BCUT2D eigenvalue weighted by Gasteiger charge is -2.32. The van der Waals surface area contributed by atoms with Crippen LogP contribution in [0.5, 0.6) is 5.88 Å². The Morgan fingerprint density at radius 2 is 2.00 bits per heavy atom. The molecule has 2 fully saturated rings. The lowest BCUT2D eigenvalue weighted by Crippen LogP contribution is -2.40. The third kappa shape index (κ3) is 4.11. The molecule has 1 saturated heterocycles. The lowest BCUT2D eigenvalue weighted by molar-refractivity contribution is -0.134. The Morgan fingerprint density at radius 3 is 2.71 bits per heavy atom. The summed E-state index contributed by atoms with van der Waals surface area (Å²) in [6.45, 7) is 4.42. The van der Waals surface area contributed by atoms with Gasteiger partial charge in [-0.3, -0.25) is 4.79 Å². The van der Waals surface area contributed by atoms with E-state index in [9.17, 15) is 4.79 Å². The fourth-order valence-corrected chi connectivity index (χ4v) is 4.09. The highest BCUT2D eigenvalue weighted by Gasteiger charge is 2.46. The van der Waals surface area contributed by atoms with Crippen LogP contribution in [0.25, 0.3) is 0 Å². The Bertz CT molecular complexity index is 819. The lowest BCUT2D eigenvalue weighted by atomic mass is 9.96. The molecule has 148 valence electrons. The molecule has 1 amide bonds. The number of hydrogen-bond donors (Lipinski definition) is 1. The van der Waals surface area contributed by atoms with Gasteiger partial charge in [0.15, 0.2) is 5.82 Å². The summed E-state index contributed by atoms with van der Waals surface area (Å²) in [7, 11) is 1.61. The first-order valence-electron chi connectivity index (χ1n) is 10.1. The minimum Gasteiger partial charge on any atom is -0.478 e. The molecule has 0 spiro atoms. The monoisotopic (exact) mass is 380 g/mol. The smallest absolute Gasteiger partial charge is 0.257 e. The Kier molecular flexibility index (Phi) is 5.46. The van der Waals surface area contributed by atoms with Crippen molar-refractivity contribution >= 4 is 11.7 Å². The van der Waals surface area contributed by atoms with Crippen LogP contribution in [0, 0.1) is 18.8 Å². The Morgan fingerprint density at radius 1 is 1.25 bits per heavy atom. The van der Waals surface area contributed by atoms with Gasteiger partial charge in [0, 0.05) is 25.6 Å². The van der Waals surface area contributed by atoms with Crippen LogP contribution in [0.1, 0.15) is 36.4 Å². The van der Waals surface area contributed by atoms with E-state index >= 15 is 0 Å². The zero-order valence-corrected chi connectivity index (χ0v) is 16.6. The van der Waals surface area contributed by atoms with E-state index < -0.39 is 0 Å². The number of benzene rings is 1. The quantitative estimate of drug-likeness (QED) is 0.833. The standard InChI is InChI=1S/C22H28N4O2/c1-15-13-23-20(21(25-15)28-2)24-14-16-8-10-26(11-9-16)22(27)19-12-18(19)17-6-4-3-5-7-17/h3-7,13,16,18-19H,8-12,14H2,1-2H3,(H,23,24)/t18-,19?/m0/s1. The average molecular weight is 380 g/mol. The highest BCUT2D eigenvalue weighted by Crippen LogP contribution is 2.48. The Labute approximate surface area is 166 Å². The van der Waals surface area contributed by atoms with Crippen LogP contribution in [0.15, 0.2) is 36.5 Å². The van der Waals surface area contributed by atoms with Gasteiger partial charge in [0.1, 0.15) is 0 Å². The highest BCUT2D eigenvalue weighted by molar-refractivity contribution is 5.83. The number of rotatable bonds is 6. The normalized spacial score (nSPS) is 22.0. The largest absolute Gasteiger partial charge is 0.478 e. The van der Waals surface area contributed by atoms with Crippen molar-refractivity contribution in [3.8, 4) is 5.88 Å². The molecule has 0 bridgehead atoms. The minimum atomic E-state index is 0.184. The number of likely N-dealkylation sites (tertiary alicyclic amines) is 1. The maximum atomic E-state index is 12.8. The van der Waals surface area contributed by atoms with Crippen LogP contribution in [-0.2, 0) is 4.79 Å². The number of aromatic nitrogens is 2. The van der Waals surface area contributed by atoms with E-state index in [1.54, 1.807) is 13.3 Å². The fourth-order valence-electron chi connectivity index (χ4n) is 4.09. The van der Waals surface area contributed by atoms with Gasteiger partial charge >= 0.3 is 0 Å². The van der Waals surface area contributed by atoms with Gasteiger partial charge in [0.25, 0.3) is 5.88 Å². The topological polar surface area (TPSA) is 67.4 Å². The van der Waals surface area contributed by atoms with Crippen LogP contribution in [0.2, 0.25) is 0 Å². The second kappa shape index (κ2) is 8.17. The van der Waals surface area contributed by atoms with Gasteiger partial charge in [-0.25, -0.2) is 9.97 Å². The number of methoxy groups -OCH3 is 1. The molecule has 28 heavy (non-hydrogen) atoms. The zero-order chi connectivity index (χ0) is 19.5. The summed E-state index contributed by atoms with van der Waals surface area (Å²) in [4.78, 5) is 23.6. The summed E-state index contributed by atoms with van der Waals surface area (Å²) < 4.78 is 5.31. The van der Waals surface area contributed by atoms with Gasteiger partial charge in [-0.15, -0.1) is 0 Å². The van der Waals surface area contributed by atoms with E-state index in [4.69, 9.17) is 4.74 Å². The molecule has 1 saturated carbocycles. The summed E-state index contributed by atoms with van der Waals surface area (Å²) in [6, 6.07) is 10.4. The molecule has 6 nitrogen and oxygen atoms in total. The Balaban J connectivity index is 1.25. The molecule has 4 rings (SSSR count). The summed E-state index contributed by atoms with van der Waals surface area (Å²) in [5.74, 6) is 2.70. The average Bonchev–Trinajstić information content (AvgIpc) is 3.54. The minimum absolute atomic E-state index is 0.184. The molecule has 1 aromatic carbocycles. The van der Waals surface area contributed by atoms with E-state index in [2.05, 4.69) is 44.5 Å². The number of carbonyl (C=O) groups is 1. The number of nitrogens with zero attached hydrogens (tertiary/aromatic N) is 3. The molecule has 1 aromatic heterocycles. The molecule has 0 radical (unpaired) electrons. The first-order chi connectivity index (χ1) is 13.7. The van der Waals surface area contributed by atoms with Crippen LogP contribution in [-0.4, -0.2) is 47.5 Å². The summed E-state index contributed by atoms with van der Waals surface area (Å²) >= 11 is 0. The van der Waals surface area contributed by atoms with Crippen LogP contribution < -0.4 is 10.1 Å². The molecule has 1 unspecified atom stereocenters. The molecular weight excluding hydrogens is 352 g/mol. The molecule has 2 heterocycles. The summed E-state index contributed by atoms with van der Waals surface area (Å²) in [5.41, 5.74) is 2.14. The number of hydrogen-bond acceptors (Lipinski definition) is 5. The maximum Gasteiger partial charge on any atom is 0.257 e. The zero-order valence-electron chi connectivity index (χ0n) is 16.6. The molecular formula is C22H28N4O2. The number of amides is 1. The van der Waals surface area contributed by atoms with Crippen LogP contribution >= 0.6 is 0 Å². The van der Waals surface area contributed by atoms with E-state index in [1.807, 2.05) is 13.0 Å². The third-order valence-electron chi connectivity index (χ3n) is 5.87.